The van der Waals surface area contributed by atoms with Gasteiger partial charge in [-0.25, -0.2) is 4.98 Å². The quantitative estimate of drug-likeness (QED) is 0.876. The summed E-state index contributed by atoms with van der Waals surface area (Å²) < 4.78 is 16.7. The van der Waals surface area contributed by atoms with Crippen molar-refractivity contribution in [2.75, 3.05) is 40.4 Å². The average molecular weight is 317 g/mol. The number of ether oxygens (including phenoxy) is 2. The van der Waals surface area contributed by atoms with Gasteiger partial charge in [0, 0.05) is 25.2 Å². The van der Waals surface area contributed by atoms with Crippen LogP contribution in [0.3, 0.4) is 0 Å². The van der Waals surface area contributed by atoms with E-state index in [1.54, 1.807) is 13.3 Å². The van der Waals surface area contributed by atoms with Crippen LogP contribution < -0.4 is 10.1 Å². The molecule has 2 aromatic rings. The first-order chi connectivity index (χ1) is 11.2. The van der Waals surface area contributed by atoms with Gasteiger partial charge >= 0.3 is 0 Å². The minimum Gasteiger partial charge on any atom is -0.497 e. The molecule has 1 N–H and O–H groups in total. The van der Waals surface area contributed by atoms with E-state index in [1.807, 2.05) is 24.3 Å². The molecule has 0 aliphatic carbocycles. The molecule has 23 heavy (non-hydrogen) atoms. The van der Waals surface area contributed by atoms with E-state index < -0.39 is 0 Å². The number of methoxy groups -OCH3 is 1. The zero-order valence-electron chi connectivity index (χ0n) is 13.6. The first-order valence-corrected chi connectivity index (χ1v) is 7.84. The van der Waals surface area contributed by atoms with Crippen LogP contribution in [0, 0.1) is 0 Å². The Balaban J connectivity index is 1.50. The Labute approximate surface area is 136 Å². The fourth-order valence-electron chi connectivity index (χ4n) is 2.61. The Bertz CT molecular complexity index is 612. The van der Waals surface area contributed by atoms with Crippen molar-refractivity contribution >= 4 is 0 Å². The van der Waals surface area contributed by atoms with Gasteiger partial charge in [-0.05, 0) is 31.3 Å². The highest BCUT2D eigenvalue weighted by Crippen LogP contribution is 2.23. The lowest BCUT2D eigenvalue weighted by Gasteiger charge is -2.30. The molecule has 1 aliphatic heterocycles. The summed E-state index contributed by atoms with van der Waals surface area (Å²) in [5.74, 6) is 2.27. The van der Waals surface area contributed by atoms with E-state index in [-0.39, 0.29) is 6.10 Å². The first kappa shape index (κ1) is 16.0. The van der Waals surface area contributed by atoms with E-state index in [2.05, 4.69) is 22.2 Å². The molecule has 1 aromatic heterocycles. The molecule has 1 aromatic carbocycles. The highest BCUT2D eigenvalue weighted by Gasteiger charge is 2.17. The van der Waals surface area contributed by atoms with Gasteiger partial charge in [0.1, 0.15) is 5.75 Å². The third-order valence-electron chi connectivity index (χ3n) is 3.92. The Morgan fingerprint density at radius 3 is 2.91 bits per heavy atom. The van der Waals surface area contributed by atoms with E-state index in [1.165, 1.54) is 0 Å². The number of morpholine rings is 1. The van der Waals surface area contributed by atoms with Gasteiger partial charge in [0.25, 0.3) is 0 Å². The van der Waals surface area contributed by atoms with Crippen LogP contribution in [0.25, 0.3) is 11.3 Å². The van der Waals surface area contributed by atoms with Gasteiger partial charge < -0.3 is 24.1 Å². The molecule has 124 valence electrons. The largest absolute Gasteiger partial charge is 0.497 e. The molecule has 0 radical (unpaired) electrons. The topological polar surface area (TPSA) is 59.8 Å². The second-order valence-corrected chi connectivity index (χ2v) is 5.73. The highest BCUT2D eigenvalue weighted by atomic mass is 16.5. The zero-order chi connectivity index (χ0) is 16.1. The lowest BCUT2D eigenvalue weighted by molar-refractivity contribution is -0.0184. The van der Waals surface area contributed by atoms with Crippen LogP contribution in [0.4, 0.5) is 0 Å². The smallest absolute Gasteiger partial charge is 0.208 e. The third-order valence-corrected chi connectivity index (χ3v) is 3.92. The van der Waals surface area contributed by atoms with Crippen LogP contribution in [0.1, 0.15) is 5.89 Å². The van der Waals surface area contributed by atoms with E-state index in [0.29, 0.717) is 12.4 Å². The fraction of sp³-hybridized carbons (Fsp3) is 0.471. The van der Waals surface area contributed by atoms with Gasteiger partial charge in [-0.3, -0.25) is 0 Å². The van der Waals surface area contributed by atoms with Gasteiger partial charge in [0.15, 0.2) is 5.76 Å². The maximum atomic E-state index is 5.79. The second-order valence-electron chi connectivity index (χ2n) is 5.73. The van der Waals surface area contributed by atoms with Gasteiger partial charge in [0.05, 0.1) is 32.6 Å². The number of rotatable bonds is 6. The van der Waals surface area contributed by atoms with E-state index in [0.717, 1.165) is 43.3 Å². The van der Waals surface area contributed by atoms with Crippen molar-refractivity contribution in [3.8, 4) is 17.1 Å². The first-order valence-electron chi connectivity index (χ1n) is 7.84. The Hall–Kier alpha value is -1.89. The third kappa shape index (κ3) is 4.31. The molecule has 6 nitrogen and oxygen atoms in total. The van der Waals surface area contributed by atoms with Crippen molar-refractivity contribution in [1.29, 1.82) is 0 Å². The molecule has 1 unspecified atom stereocenters. The van der Waals surface area contributed by atoms with Crippen molar-refractivity contribution in [3.63, 3.8) is 0 Å². The van der Waals surface area contributed by atoms with E-state index in [4.69, 9.17) is 13.9 Å². The molecule has 1 atom stereocenters. The number of aromatic nitrogens is 1. The molecule has 0 saturated carbocycles. The highest BCUT2D eigenvalue weighted by molar-refractivity contribution is 5.57. The lowest BCUT2D eigenvalue weighted by Crippen LogP contribution is -2.44. The van der Waals surface area contributed by atoms with Crippen LogP contribution >= 0.6 is 0 Å². The summed E-state index contributed by atoms with van der Waals surface area (Å²) in [7, 11) is 3.77. The van der Waals surface area contributed by atoms with Crippen molar-refractivity contribution in [2.45, 2.75) is 12.6 Å². The Morgan fingerprint density at radius 2 is 2.17 bits per heavy atom. The fourth-order valence-corrected chi connectivity index (χ4v) is 2.61. The normalized spacial score (nSPS) is 19.0. The Kier molecular flexibility index (Phi) is 5.27. The summed E-state index contributed by atoms with van der Waals surface area (Å²) in [5, 5.41) is 3.35. The average Bonchev–Trinajstić information content (AvgIpc) is 3.04. The molecule has 0 bridgehead atoms. The van der Waals surface area contributed by atoms with Crippen LogP contribution in [-0.2, 0) is 11.3 Å². The molecule has 1 aliphatic rings. The number of hydrogen-bond acceptors (Lipinski definition) is 6. The monoisotopic (exact) mass is 317 g/mol. The SMILES string of the molecule is COc1ccc(-c2cnc(CNCC3CN(C)CCO3)o2)cc1. The van der Waals surface area contributed by atoms with Crippen molar-refractivity contribution in [2.24, 2.45) is 0 Å². The lowest BCUT2D eigenvalue weighted by atomic mass is 10.2. The molecule has 2 heterocycles. The standard InChI is InChI=1S/C17H23N3O3/c1-20-7-8-22-15(12-20)9-18-11-17-19-10-16(23-17)13-3-5-14(21-2)6-4-13/h3-6,10,15,18H,7-9,11-12H2,1-2H3. The molecule has 0 amide bonds. The summed E-state index contributed by atoms with van der Waals surface area (Å²) in [6.45, 7) is 4.14. The number of benzene rings is 1. The second kappa shape index (κ2) is 7.59. The van der Waals surface area contributed by atoms with Crippen LogP contribution in [0.15, 0.2) is 34.9 Å². The van der Waals surface area contributed by atoms with Crippen molar-refractivity contribution < 1.29 is 13.9 Å². The maximum Gasteiger partial charge on any atom is 0.208 e. The van der Waals surface area contributed by atoms with E-state index in [9.17, 15) is 0 Å². The summed E-state index contributed by atoms with van der Waals surface area (Å²) in [5.41, 5.74) is 0.988. The number of oxazole rings is 1. The summed E-state index contributed by atoms with van der Waals surface area (Å²) in [6, 6.07) is 7.74. The number of nitrogens with zero attached hydrogens (tertiary/aromatic N) is 2. The van der Waals surface area contributed by atoms with Gasteiger partial charge in [-0.2, -0.15) is 0 Å². The van der Waals surface area contributed by atoms with Crippen LogP contribution in [0.5, 0.6) is 5.75 Å². The van der Waals surface area contributed by atoms with Crippen LogP contribution in [0.2, 0.25) is 0 Å². The zero-order valence-corrected chi connectivity index (χ0v) is 13.6. The number of likely N-dealkylation sites (N-methyl/N-ethyl adjacent to an activating group) is 1. The van der Waals surface area contributed by atoms with Crippen molar-refractivity contribution in [1.82, 2.24) is 15.2 Å². The van der Waals surface area contributed by atoms with Gasteiger partial charge in [-0.15, -0.1) is 0 Å². The Morgan fingerprint density at radius 1 is 1.35 bits per heavy atom. The van der Waals surface area contributed by atoms with Crippen molar-refractivity contribution in [3.05, 3.63) is 36.4 Å². The molecule has 3 rings (SSSR count). The molecular weight excluding hydrogens is 294 g/mol. The number of hydrogen-bond donors (Lipinski definition) is 1. The minimum atomic E-state index is 0.227. The number of nitrogens with one attached hydrogen (secondary N) is 1. The molecule has 6 heteroatoms. The van der Waals surface area contributed by atoms with Gasteiger partial charge in [0.2, 0.25) is 5.89 Å². The summed E-state index contributed by atoms with van der Waals surface area (Å²) in [4.78, 5) is 6.60. The summed E-state index contributed by atoms with van der Waals surface area (Å²) in [6.07, 6.45) is 1.98. The predicted octanol–water partition coefficient (Wildman–Crippen LogP) is 1.77. The molecule has 1 saturated heterocycles. The maximum absolute atomic E-state index is 5.79. The van der Waals surface area contributed by atoms with E-state index >= 15 is 0 Å². The summed E-state index contributed by atoms with van der Waals surface area (Å²) >= 11 is 0. The molecular formula is C17H23N3O3. The van der Waals surface area contributed by atoms with Crippen LogP contribution in [-0.4, -0.2) is 56.4 Å². The minimum absolute atomic E-state index is 0.227. The van der Waals surface area contributed by atoms with Gasteiger partial charge in [-0.1, -0.05) is 0 Å². The predicted molar refractivity (Wildman–Crippen MR) is 87.4 cm³/mol. The molecule has 1 fully saturated rings. The molecule has 0 spiro atoms.